The third kappa shape index (κ3) is 5.17. The number of primary amides is 1. The number of nitrogens with two attached hydrogens (primary N) is 1. The van der Waals surface area contributed by atoms with Crippen molar-refractivity contribution < 1.29 is 39.5 Å². The number of aliphatic hydroxyl groups excluding tert-OH is 2. The van der Waals surface area contributed by atoms with Crippen LogP contribution < -0.4 is 15.8 Å². The number of Topliss-reactive ketones (excluding diaryl/α,β-unsaturated/α-hetero) is 2. The molecule has 0 aromatic heterocycles. The van der Waals surface area contributed by atoms with Crippen molar-refractivity contribution in [1.82, 2.24) is 15.1 Å². The molecule has 0 fully saturated rings. The van der Waals surface area contributed by atoms with E-state index in [-0.39, 0.29) is 29.7 Å². The Hall–Kier alpha value is -4.23. The van der Waals surface area contributed by atoms with Crippen LogP contribution >= 0.6 is 0 Å². The second-order valence-electron chi connectivity index (χ2n) is 12.5. The molecule has 0 saturated heterocycles. The molecule has 12 nitrogen and oxygen atoms in total. The van der Waals surface area contributed by atoms with Crippen molar-refractivity contribution in [3.05, 3.63) is 69.7 Å². The maximum absolute atomic E-state index is 14.1. The summed E-state index contributed by atoms with van der Waals surface area (Å²) in [5.41, 5.74) is 4.52. The second-order valence-corrected chi connectivity index (χ2v) is 12.5. The third-order valence-corrected chi connectivity index (χ3v) is 9.22. The number of phenols is 1. The van der Waals surface area contributed by atoms with E-state index < -0.39 is 58.0 Å². The number of likely N-dealkylation sites (N-methyl/N-ethyl adjacent to an activating group) is 2. The number of carbonyl (C=O) groups is 3. The highest BCUT2D eigenvalue weighted by Gasteiger charge is 2.63. The third-order valence-electron chi connectivity index (χ3n) is 9.22. The van der Waals surface area contributed by atoms with Gasteiger partial charge in [-0.1, -0.05) is 12.1 Å². The number of phenolic OH excluding ortho intramolecular Hbond substituents is 1. The zero-order valence-electron chi connectivity index (χ0n) is 26.0. The lowest BCUT2D eigenvalue weighted by molar-refractivity contribution is -0.148. The Bertz CT molecular complexity index is 1650. The summed E-state index contributed by atoms with van der Waals surface area (Å²) in [5, 5.41) is 48.7. The van der Waals surface area contributed by atoms with Crippen LogP contribution in [0.5, 0.6) is 11.5 Å². The minimum absolute atomic E-state index is 0.00777. The van der Waals surface area contributed by atoms with Crippen molar-refractivity contribution in [2.75, 3.05) is 48.4 Å². The fourth-order valence-corrected chi connectivity index (χ4v) is 7.11. The molecule has 0 spiro atoms. The molecule has 7 N–H and O–H groups in total. The number of nitrogens with zero attached hydrogens (tertiary/aromatic N) is 2. The number of methoxy groups -OCH3 is 1. The number of ether oxygens (including phenoxy) is 1. The van der Waals surface area contributed by atoms with Crippen molar-refractivity contribution in [1.29, 1.82) is 0 Å². The van der Waals surface area contributed by atoms with Crippen LogP contribution in [0.1, 0.15) is 27.9 Å². The molecule has 3 aliphatic rings. The highest BCUT2D eigenvalue weighted by atomic mass is 16.5. The zero-order chi connectivity index (χ0) is 33.0. The predicted octanol–water partition coefficient (Wildman–Crippen LogP) is 1.45. The lowest BCUT2D eigenvalue weighted by atomic mass is 9.58. The molecule has 12 heteroatoms. The van der Waals surface area contributed by atoms with Crippen LogP contribution in [-0.4, -0.2) is 108 Å². The lowest BCUT2D eigenvalue weighted by Gasteiger charge is -2.50. The fraction of sp³-hybridized carbons (Fsp3) is 0.424. The Morgan fingerprint density at radius 2 is 1.80 bits per heavy atom. The van der Waals surface area contributed by atoms with E-state index in [1.807, 2.05) is 32.3 Å². The Balaban J connectivity index is 1.63. The molecular formula is C33H40N4O8. The Kier molecular flexibility index (Phi) is 8.53. The number of aromatic hydroxyl groups is 1. The number of hydrogen-bond acceptors (Lipinski definition) is 11. The van der Waals surface area contributed by atoms with Gasteiger partial charge < -0.3 is 41.1 Å². The first-order chi connectivity index (χ1) is 21.2. The van der Waals surface area contributed by atoms with Crippen LogP contribution in [0.15, 0.2) is 53.0 Å². The van der Waals surface area contributed by atoms with E-state index in [0.29, 0.717) is 29.0 Å². The number of fused-ring (bicyclic) bond motifs is 3. The van der Waals surface area contributed by atoms with Crippen molar-refractivity contribution in [2.45, 2.75) is 31.0 Å². The molecular weight excluding hydrogens is 580 g/mol. The van der Waals surface area contributed by atoms with Gasteiger partial charge in [0.1, 0.15) is 28.6 Å². The van der Waals surface area contributed by atoms with E-state index >= 15 is 0 Å². The summed E-state index contributed by atoms with van der Waals surface area (Å²) in [5.74, 6) is -6.30. The number of ketones is 2. The van der Waals surface area contributed by atoms with Gasteiger partial charge in [-0.2, -0.15) is 0 Å². The van der Waals surface area contributed by atoms with Gasteiger partial charge in [0.2, 0.25) is 5.78 Å². The first-order valence-electron chi connectivity index (χ1n) is 14.8. The van der Waals surface area contributed by atoms with Crippen molar-refractivity contribution in [3.63, 3.8) is 0 Å². The number of allylic oxidation sites excluding steroid dienone is 1. The topological polar surface area (TPSA) is 186 Å². The molecule has 1 amide bonds. The SMILES string of the molecule is COc1ccc(CNCCN(C)C)cc1-c1ccc(O)c2c1CC1CC3[C@H](N(C)C)C(O)=C(C(N)=O)C(=O)[C@@]3(O)C(O)=C1C2=O. The smallest absolute Gasteiger partial charge is 0.255 e. The van der Waals surface area contributed by atoms with Gasteiger partial charge in [-0.05, 0) is 81.8 Å². The van der Waals surface area contributed by atoms with Crippen molar-refractivity contribution in [2.24, 2.45) is 17.6 Å². The normalized spacial score (nSPS) is 24.6. The molecule has 0 bridgehead atoms. The molecule has 0 radical (unpaired) electrons. The Morgan fingerprint density at radius 1 is 1.09 bits per heavy atom. The van der Waals surface area contributed by atoms with Gasteiger partial charge >= 0.3 is 0 Å². The van der Waals surface area contributed by atoms with Crippen molar-refractivity contribution >= 4 is 17.5 Å². The highest BCUT2D eigenvalue weighted by molar-refractivity contribution is 6.25. The molecule has 0 heterocycles. The minimum Gasteiger partial charge on any atom is -0.510 e. The van der Waals surface area contributed by atoms with E-state index in [0.717, 1.165) is 18.7 Å². The standard InChI is InChI=1S/C33H40N4O8/c1-36(2)11-10-35-15-16-6-9-23(45-5)19(12-16)18-7-8-22(38)25-20(18)13-17-14-21-27(37(3)4)29(40)26(32(34)43)31(42)33(21,44)30(41)24(17)28(25)39/h6-9,12,17,21,27,35,38,40-41,44H,10-11,13-15H2,1-5H3,(H2,34,43)/t17?,21?,27-,33-/m0/s1. The summed E-state index contributed by atoms with van der Waals surface area (Å²) >= 11 is 0. The second kappa shape index (κ2) is 11.9. The first-order valence-corrected chi connectivity index (χ1v) is 14.8. The van der Waals surface area contributed by atoms with Crippen LogP contribution in [0, 0.1) is 11.8 Å². The summed E-state index contributed by atoms with van der Waals surface area (Å²) in [6.07, 6.45) is 0.181. The molecule has 45 heavy (non-hydrogen) atoms. The number of rotatable bonds is 9. The summed E-state index contributed by atoms with van der Waals surface area (Å²) in [4.78, 5) is 43.5. The number of amides is 1. The van der Waals surface area contributed by atoms with Crippen LogP contribution in [0.4, 0.5) is 0 Å². The maximum Gasteiger partial charge on any atom is 0.255 e. The lowest BCUT2D eigenvalue weighted by Crippen LogP contribution is -2.63. The van der Waals surface area contributed by atoms with Crippen LogP contribution in [0.2, 0.25) is 0 Å². The average Bonchev–Trinajstić information content (AvgIpc) is 2.97. The summed E-state index contributed by atoms with van der Waals surface area (Å²) in [6, 6.07) is 7.82. The molecule has 5 rings (SSSR count). The maximum atomic E-state index is 14.1. The number of benzene rings is 2. The fourth-order valence-electron chi connectivity index (χ4n) is 7.11. The summed E-state index contributed by atoms with van der Waals surface area (Å²) in [6.45, 7) is 2.25. The number of carbonyl (C=O) groups excluding carboxylic acids is 3. The molecule has 0 aliphatic heterocycles. The number of nitrogens with one attached hydrogen (secondary N) is 1. The first kappa shape index (κ1) is 32.2. The molecule has 2 aromatic carbocycles. The van der Waals surface area contributed by atoms with Gasteiger partial charge in [-0.3, -0.25) is 19.3 Å². The van der Waals surface area contributed by atoms with Gasteiger partial charge in [0.15, 0.2) is 11.4 Å². The monoisotopic (exact) mass is 620 g/mol. The summed E-state index contributed by atoms with van der Waals surface area (Å²) < 4.78 is 5.69. The zero-order valence-corrected chi connectivity index (χ0v) is 26.0. The molecule has 0 saturated carbocycles. The van der Waals surface area contributed by atoms with E-state index in [1.54, 1.807) is 27.3 Å². The van der Waals surface area contributed by atoms with Crippen LogP contribution in [-0.2, 0) is 22.6 Å². The van der Waals surface area contributed by atoms with Crippen LogP contribution in [0.25, 0.3) is 11.1 Å². The van der Waals surface area contributed by atoms with Gasteiger partial charge in [-0.25, -0.2) is 0 Å². The largest absolute Gasteiger partial charge is 0.510 e. The quantitative estimate of drug-likeness (QED) is 0.176. The van der Waals surface area contributed by atoms with Gasteiger partial charge in [0, 0.05) is 36.7 Å². The molecule has 2 aromatic rings. The van der Waals surface area contributed by atoms with Crippen molar-refractivity contribution in [3.8, 4) is 22.6 Å². The molecule has 3 aliphatic carbocycles. The minimum atomic E-state index is -2.69. The molecule has 240 valence electrons. The van der Waals surface area contributed by atoms with E-state index in [1.165, 1.54) is 11.0 Å². The number of hydrogen-bond donors (Lipinski definition) is 6. The Labute approximate surface area is 261 Å². The highest BCUT2D eigenvalue weighted by Crippen LogP contribution is 2.53. The predicted molar refractivity (Wildman–Crippen MR) is 166 cm³/mol. The molecule has 2 unspecified atom stereocenters. The number of aliphatic hydroxyl groups is 3. The van der Waals surface area contributed by atoms with E-state index in [9.17, 15) is 34.8 Å². The van der Waals surface area contributed by atoms with E-state index in [2.05, 4.69) is 10.2 Å². The van der Waals surface area contributed by atoms with E-state index in [4.69, 9.17) is 10.5 Å². The Morgan fingerprint density at radius 3 is 2.42 bits per heavy atom. The van der Waals surface area contributed by atoms with Gasteiger partial charge in [-0.15, -0.1) is 0 Å². The summed E-state index contributed by atoms with van der Waals surface area (Å²) in [7, 11) is 8.74. The average molecular weight is 621 g/mol. The molecule has 4 atom stereocenters. The van der Waals surface area contributed by atoms with Gasteiger partial charge in [0.25, 0.3) is 5.91 Å². The van der Waals surface area contributed by atoms with Crippen LogP contribution in [0.3, 0.4) is 0 Å². The van der Waals surface area contributed by atoms with Gasteiger partial charge in [0.05, 0.1) is 18.7 Å².